The van der Waals surface area contributed by atoms with Crippen LogP contribution in [0.4, 0.5) is 5.69 Å². The molecule has 2 aromatic rings. The van der Waals surface area contributed by atoms with E-state index in [2.05, 4.69) is 41.4 Å². The SMILES string of the molecule is CCN(C(=O)CN1CCC(CCNC)CC1)c1cccc2ccccc12.Cl. The van der Waals surface area contributed by atoms with Crippen molar-refractivity contribution in [2.24, 2.45) is 5.92 Å². The molecule has 4 nitrogen and oxygen atoms in total. The van der Waals surface area contributed by atoms with Crippen molar-refractivity contribution in [3.05, 3.63) is 42.5 Å². The molecule has 0 aliphatic carbocycles. The van der Waals surface area contributed by atoms with E-state index in [0.29, 0.717) is 13.1 Å². The van der Waals surface area contributed by atoms with E-state index in [0.717, 1.165) is 36.6 Å². The van der Waals surface area contributed by atoms with Crippen LogP contribution in [-0.2, 0) is 4.79 Å². The van der Waals surface area contributed by atoms with E-state index in [-0.39, 0.29) is 18.3 Å². The van der Waals surface area contributed by atoms with Crippen molar-refractivity contribution >= 4 is 34.8 Å². The van der Waals surface area contributed by atoms with Crippen LogP contribution >= 0.6 is 12.4 Å². The zero-order chi connectivity index (χ0) is 18.4. The summed E-state index contributed by atoms with van der Waals surface area (Å²) in [6.45, 7) is 6.44. The van der Waals surface area contributed by atoms with Gasteiger partial charge in [0.1, 0.15) is 0 Å². The quantitative estimate of drug-likeness (QED) is 0.779. The zero-order valence-electron chi connectivity index (χ0n) is 16.5. The second-order valence-electron chi connectivity index (χ2n) is 7.25. The molecule has 1 heterocycles. The van der Waals surface area contributed by atoms with Crippen molar-refractivity contribution in [2.45, 2.75) is 26.2 Å². The van der Waals surface area contributed by atoms with Crippen LogP contribution in [0, 0.1) is 5.92 Å². The predicted molar refractivity (Wildman–Crippen MR) is 117 cm³/mol. The fraction of sp³-hybridized carbons (Fsp3) is 0.500. The van der Waals surface area contributed by atoms with E-state index in [1.165, 1.54) is 24.6 Å². The van der Waals surface area contributed by atoms with E-state index < -0.39 is 0 Å². The number of halogens is 1. The summed E-state index contributed by atoms with van der Waals surface area (Å²) in [5.74, 6) is 1.01. The Morgan fingerprint density at radius 3 is 2.56 bits per heavy atom. The Morgan fingerprint density at radius 2 is 1.85 bits per heavy atom. The molecule has 1 amide bonds. The summed E-state index contributed by atoms with van der Waals surface area (Å²) in [5, 5.41) is 5.57. The van der Waals surface area contributed by atoms with Gasteiger partial charge in [0.15, 0.2) is 0 Å². The van der Waals surface area contributed by atoms with Crippen molar-refractivity contribution in [1.82, 2.24) is 10.2 Å². The zero-order valence-corrected chi connectivity index (χ0v) is 17.3. The Bertz CT molecular complexity index is 723. The van der Waals surface area contributed by atoms with Crippen LogP contribution < -0.4 is 10.2 Å². The summed E-state index contributed by atoms with van der Waals surface area (Å²) in [4.78, 5) is 17.3. The Morgan fingerprint density at radius 1 is 1.15 bits per heavy atom. The number of carbonyl (C=O) groups is 1. The van der Waals surface area contributed by atoms with E-state index in [9.17, 15) is 4.79 Å². The van der Waals surface area contributed by atoms with Gasteiger partial charge < -0.3 is 10.2 Å². The van der Waals surface area contributed by atoms with Gasteiger partial charge in [0.25, 0.3) is 0 Å². The first-order valence-corrected chi connectivity index (χ1v) is 9.88. The van der Waals surface area contributed by atoms with E-state index in [1.54, 1.807) is 0 Å². The maximum absolute atomic E-state index is 13.0. The number of benzene rings is 2. The van der Waals surface area contributed by atoms with Crippen molar-refractivity contribution < 1.29 is 4.79 Å². The molecule has 0 saturated carbocycles. The molecule has 3 rings (SSSR count). The predicted octanol–water partition coefficient (Wildman–Crippen LogP) is 3.94. The van der Waals surface area contributed by atoms with Gasteiger partial charge in [-0.3, -0.25) is 9.69 Å². The third-order valence-electron chi connectivity index (χ3n) is 5.54. The lowest BCUT2D eigenvalue weighted by Crippen LogP contribution is -2.43. The lowest BCUT2D eigenvalue weighted by atomic mass is 9.93. The van der Waals surface area contributed by atoms with E-state index >= 15 is 0 Å². The largest absolute Gasteiger partial charge is 0.320 e. The molecule has 0 spiro atoms. The lowest BCUT2D eigenvalue weighted by Gasteiger charge is -2.33. The minimum atomic E-state index is 0. The Hall–Kier alpha value is -1.62. The van der Waals surface area contributed by atoms with E-state index in [1.807, 2.05) is 30.1 Å². The van der Waals surface area contributed by atoms with Gasteiger partial charge >= 0.3 is 0 Å². The molecule has 0 aromatic heterocycles. The van der Waals surface area contributed by atoms with Gasteiger partial charge in [0, 0.05) is 11.9 Å². The van der Waals surface area contributed by atoms with Crippen LogP contribution in [-0.4, -0.2) is 50.6 Å². The van der Waals surface area contributed by atoms with Crippen LogP contribution in [0.1, 0.15) is 26.2 Å². The molecule has 1 saturated heterocycles. The number of hydrogen-bond acceptors (Lipinski definition) is 3. The standard InChI is InChI=1S/C22H31N3O.ClH/c1-3-25(21-10-6-8-19-7-4-5-9-20(19)21)22(26)17-24-15-12-18(13-16-24)11-14-23-2;/h4-10,18,23H,3,11-17H2,1-2H3;1H. The summed E-state index contributed by atoms with van der Waals surface area (Å²) >= 11 is 0. The van der Waals surface area contributed by atoms with Crippen molar-refractivity contribution in [3.63, 3.8) is 0 Å². The molecule has 0 unspecified atom stereocenters. The smallest absolute Gasteiger partial charge is 0.241 e. The normalized spacial score (nSPS) is 15.5. The van der Waals surface area contributed by atoms with Crippen molar-refractivity contribution in [1.29, 1.82) is 0 Å². The van der Waals surface area contributed by atoms with Crippen LogP contribution in [0.15, 0.2) is 42.5 Å². The second kappa shape index (κ2) is 10.6. The highest BCUT2D eigenvalue weighted by atomic mass is 35.5. The molecule has 1 aliphatic rings. The number of nitrogens with zero attached hydrogens (tertiary/aromatic N) is 2. The number of nitrogens with one attached hydrogen (secondary N) is 1. The molecule has 1 N–H and O–H groups in total. The van der Waals surface area contributed by atoms with Crippen molar-refractivity contribution in [3.8, 4) is 0 Å². The first-order valence-electron chi connectivity index (χ1n) is 9.88. The lowest BCUT2D eigenvalue weighted by molar-refractivity contribution is -0.120. The number of anilines is 1. The van der Waals surface area contributed by atoms with Crippen LogP contribution in [0.25, 0.3) is 10.8 Å². The molecular formula is C22H32ClN3O. The molecule has 0 atom stereocenters. The van der Waals surface area contributed by atoms with Gasteiger partial charge in [0.05, 0.1) is 12.2 Å². The fourth-order valence-electron chi connectivity index (χ4n) is 3.98. The number of rotatable bonds is 7. The highest BCUT2D eigenvalue weighted by molar-refractivity contribution is 6.04. The molecule has 27 heavy (non-hydrogen) atoms. The third kappa shape index (κ3) is 5.44. The van der Waals surface area contributed by atoms with Gasteiger partial charge in [-0.05, 0) is 70.2 Å². The van der Waals surface area contributed by atoms with Crippen LogP contribution in [0.3, 0.4) is 0 Å². The highest BCUT2D eigenvalue weighted by Crippen LogP contribution is 2.27. The number of likely N-dealkylation sites (N-methyl/N-ethyl adjacent to an activating group) is 1. The van der Waals surface area contributed by atoms with Gasteiger partial charge in [-0.15, -0.1) is 12.4 Å². The van der Waals surface area contributed by atoms with Gasteiger partial charge in [-0.25, -0.2) is 0 Å². The summed E-state index contributed by atoms with van der Waals surface area (Å²) in [7, 11) is 2.01. The number of likely N-dealkylation sites (tertiary alicyclic amines) is 1. The van der Waals surface area contributed by atoms with Crippen LogP contribution in [0.5, 0.6) is 0 Å². The van der Waals surface area contributed by atoms with Gasteiger partial charge in [0.2, 0.25) is 5.91 Å². The van der Waals surface area contributed by atoms with Gasteiger partial charge in [-0.2, -0.15) is 0 Å². The monoisotopic (exact) mass is 389 g/mol. The molecule has 1 aliphatic heterocycles. The van der Waals surface area contributed by atoms with Gasteiger partial charge in [-0.1, -0.05) is 36.4 Å². The topological polar surface area (TPSA) is 35.6 Å². The summed E-state index contributed by atoms with van der Waals surface area (Å²) in [6.07, 6.45) is 3.65. The number of carbonyl (C=O) groups excluding carboxylic acids is 1. The second-order valence-corrected chi connectivity index (χ2v) is 7.25. The van der Waals surface area contributed by atoms with E-state index in [4.69, 9.17) is 0 Å². The summed E-state index contributed by atoms with van der Waals surface area (Å²) in [5.41, 5.74) is 1.03. The third-order valence-corrected chi connectivity index (χ3v) is 5.54. The molecule has 148 valence electrons. The maximum Gasteiger partial charge on any atom is 0.241 e. The summed E-state index contributed by atoms with van der Waals surface area (Å²) < 4.78 is 0. The molecule has 0 bridgehead atoms. The number of amides is 1. The molecule has 1 fully saturated rings. The molecule has 0 radical (unpaired) electrons. The Labute approximate surface area is 169 Å². The Kier molecular flexibility index (Phi) is 8.55. The average molecular weight is 390 g/mol. The first kappa shape index (κ1) is 21.7. The minimum absolute atomic E-state index is 0. The number of hydrogen-bond donors (Lipinski definition) is 1. The molecular weight excluding hydrogens is 358 g/mol. The molecule has 5 heteroatoms. The summed E-state index contributed by atoms with van der Waals surface area (Å²) in [6, 6.07) is 14.5. The number of fused-ring (bicyclic) bond motifs is 1. The maximum atomic E-state index is 13.0. The van der Waals surface area contributed by atoms with Crippen molar-refractivity contribution in [2.75, 3.05) is 44.7 Å². The van der Waals surface area contributed by atoms with Crippen LogP contribution in [0.2, 0.25) is 0 Å². The average Bonchev–Trinajstić information content (AvgIpc) is 2.68. The first-order chi connectivity index (χ1) is 12.7. The fourth-order valence-corrected chi connectivity index (χ4v) is 3.98. The number of piperidine rings is 1. The molecule has 2 aromatic carbocycles. The minimum Gasteiger partial charge on any atom is -0.320 e. The Balaban J connectivity index is 0.00000261. The highest BCUT2D eigenvalue weighted by Gasteiger charge is 2.23.